The van der Waals surface area contributed by atoms with Crippen LogP contribution in [0.15, 0.2) is 18.5 Å². The Hall–Kier alpha value is -1.42. The van der Waals surface area contributed by atoms with Crippen LogP contribution in [0.25, 0.3) is 0 Å². The quantitative estimate of drug-likeness (QED) is 0.782. The predicted octanol–water partition coefficient (Wildman–Crippen LogP) is 1.31. The lowest BCUT2D eigenvalue weighted by atomic mass is 10.1. The summed E-state index contributed by atoms with van der Waals surface area (Å²) < 4.78 is 0. The number of nitrogens with two attached hydrogens (primary N) is 1. The summed E-state index contributed by atoms with van der Waals surface area (Å²) >= 11 is 0. The minimum absolute atomic E-state index is 0.00319. The molecule has 1 aromatic rings. The van der Waals surface area contributed by atoms with Crippen LogP contribution in [0.5, 0.6) is 0 Å². The number of nitrogens with zero attached hydrogens (tertiary/aromatic N) is 1. The van der Waals surface area contributed by atoms with Gasteiger partial charge in [-0.1, -0.05) is 6.92 Å². The second-order valence-electron chi connectivity index (χ2n) is 3.66. The lowest BCUT2D eigenvalue weighted by Crippen LogP contribution is -2.23. The Kier molecular flexibility index (Phi) is 4.24. The van der Waals surface area contributed by atoms with Gasteiger partial charge < -0.3 is 11.1 Å². The SMILES string of the molecule is Cc1ccncc1NC(=O)C(C)CCN. The monoisotopic (exact) mass is 207 g/mol. The van der Waals surface area contributed by atoms with Crippen molar-refractivity contribution in [3.8, 4) is 0 Å². The van der Waals surface area contributed by atoms with Gasteiger partial charge in [0, 0.05) is 12.1 Å². The molecule has 0 saturated carbocycles. The molecular weight excluding hydrogens is 190 g/mol. The van der Waals surface area contributed by atoms with Crippen LogP contribution in [0, 0.1) is 12.8 Å². The molecule has 0 aliphatic carbocycles. The number of hydrogen-bond acceptors (Lipinski definition) is 3. The van der Waals surface area contributed by atoms with E-state index in [2.05, 4.69) is 10.3 Å². The minimum Gasteiger partial charge on any atom is -0.330 e. The van der Waals surface area contributed by atoms with Crippen molar-refractivity contribution >= 4 is 11.6 Å². The normalized spacial score (nSPS) is 12.2. The number of pyridine rings is 1. The molecule has 0 spiro atoms. The van der Waals surface area contributed by atoms with Crippen molar-refractivity contribution in [1.29, 1.82) is 0 Å². The molecular formula is C11H17N3O. The van der Waals surface area contributed by atoms with Crippen molar-refractivity contribution in [3.05, 3.63) is 24.0 Å². The van der Waals surface area contributed by atoms with E-state index >= 15 is 0 Å². The lowest BCUT2D eigenvalue weighted by molar-refractivity contribution is -0.119. The highest BCUT2D eigenvalue weighted by Gasteiger charge is 2.12. The maximum absolute atomic E-state index is 11.7. The Bertz CT molecular complexity index is 338. The highest BCUT2D eigenvalue weighted by atomic mass is 16.1. The molecule has 0 fully saturated rings. The van der Waals surface area contributed by atoms with Crippen LogP contribution in [0.4, 0.5) is 5.69 Å². The van der Waals surface area contributed by atoms with E-state index in [1.807, 2.05) is 19.9 Å². The number of rotatable bonds is 4. The van der Waals surface area contributed by atoms with Gasteiger partial charge in [0.2, 0.25) is 5.91 Å². The summed E-state index contributed by atoms with van der Waals surface area (Å²) in [6.07, 6.45) is 4.06. The Morgan fingerprint density at radius 3 is 3.00 bits per heavy atom. The van der Waals surface area contributed by atoms with Crippen molar-refractivity contribution in [2.45, 2.75) is 20.3 Å². The average molecular weight is 207 g/mol. The van der Waals surface area contributed by atoms with Gasteiger partial charge in [0.1, 0.15) is 0 Å². The predicted molar refractivity (Wildman–Crippen MR) is 60.4 cm³/mol. The third-order valence-electron chi connectivity index (χ3n) is 2.34. The molecule has 82 valence electrons. The van der Waals surface area contributed by atoms with E-state index in [4.69, 9.17) is 5.73 Å². The van der Waals surface area contributed by atoms with E-state index in [9.17, 15) is 4.79 Å². The Morgan fingerprint density at radius 2 is 2.40 bits per heavy atom. The Balaban J connectivity index is 2.62. The van der Waals surface area contributed by atoms with E-state index < -0.39 is 0 Å². The number of anilines is 1. The van der Waals surface area contributed by atoms with Gasteiger partial charge in [0.05, 0.1) is 11.9 Å². The fourth-order valence-electron chi connectivity index (χ4n) is 1.23. The molecule has 1 rings (SSSR count). The van der Waals surface area contributed by atoms with Gasteiger partial charge in [0.25, 0.3) is 0 Å². The molecule has 0 saturated heterocycles. The zero-order valence-corrected chi connectivity index (χ0v) is 9.16. The molecule has 1 heterocycles. The van der Waals surface area contributed by atoms with E-state index in [-0.39, 0.29) is 11.8 Å². The number of aromatic nitrogens is 1. The number of aryl methyl sites for hydroxylation is 1. The maximum Gasteiger partial charge on any atom is 0.227 e. The highest BCUT2D eigenvalue weighted by molar-refractivity contribution is 5.92. The van der Waals surface area contributed by atoms with Crippen LogP contribution >= 0.6 is 0 Å². The van der Waals surface area contributed by atoms with Gasteiger partial charge in [-0.05, 0) is 31.5 Å². The van der Waals surface area contributed by atoms with Crippen LogP contribution in [-0.4, -0.2) is 17.4 Å². The van der Waals surface area contributed by atoms with Gasteiger partial charge in [-0.3, -0.25) is 9.78 Å². The van der Waals surface area contributed by atoms with Crippen LogP contribution in [-0.2, 0) is 4.79 Å². The zero-order valence-electron chi connectivity index (χ0n) is 9.16. The summed E-state index contributed by atoms with van der Waals surface area (Å²) in [7, 11) is 0. The summed E-state index contributed by atoms with van der Waals surface area (Å²) in [5.74, 6) is -0.0637. The standard InChI is InChI=1S/C11H17N3O/c1-8-4-6-13-7-10(8)14-11(15)9(2)3-5-12/h4,6-7,9H,3,5,12H2,1-2H3,(H,14,15). The van der Waals surface area contributed by atoms with Crippen LogP contribution in [0.1, 0.15) is 18.9 Å². The van der Waals surface area contributed by atoms with Crippen LogP contribution in [0.2, 0.25) is 0 Å². The number of hydrogen-bond donors (Lipinski definition) is 2. The number of amides is 1. The second-order valence-corrected chi connectivity index (χ2v) is 3.66. The van der Waals surface area contributed by atoms with Crippen molar-refractivity contribution in [1.82, 2.24) is 4.98 Å². The highest BCUT2D eigenvalue weighted by Crippen LogP contribution is 2.13. The molecule has 1 aromatic heterocycles. The first-order valence-electron chi connectivity index (χ1n) is 5.06. The Labute approximate surface area is 89.9 Å². The minimum atomic E-state index is -0.0605. The third-order valence-corrected chi connectivity index (χ3v) is 2.34. The summed E-state index contributed by atoms with van der Waals surface area (Å²) in [5, 5.41) is 2.84. The van der Waals surface area contributed by atoms with Gasteiger partial charge in [-0.2, -0.15) is 0 Å². The molecule has 0 radical (unpaired) electrons. The average Bonchev–Trinajstić information content (AvgIpc) is 2.21. The van der Waals surface area contributed by atoms with E-state index in [0.717, 1.165) is 11.3 Å². The second kappa shape index (κ2) is 5.46. The topological polar surface area (TPSA) is 68.0 Å². The van der Waals surface area contributed by atoms with Crippen molar-refractivity contribution in [3.63, 3.8) is 0 Å². The maximum atomic E-state index is 11.7. The molecule has 1 unspecified atom stereocenters. The van der Waals surface area contributed by atoms with Gasteiger partial charge >= 0.3 is 0 Å². The molecule has 0 bridgehead atoms. The molecule has 3 N–H and O–H groups in total. The summed E-state index contributed by atoms with van der Waals surface area (Å²) in [6.45, 7) is 4.33. The summed E-state index contributed by atoms with van der Waals surface area (Å²) in [6, 6.07) is 1.86. The summed E-state index contributed by atoms with van der Waals surface area (Å²) in [5.41, 5.74) is 7.18. The van der Waals surface area contributed by atoms with Crippen molar-refractivity contribution in [2.75, 3.05) is 11.9 Å². The van der Waals surface area contributed by atoms with Crippen molar-refractivity contribution in [2.24, 2.45) is 11.7 Å². The van der Waals surface area contributed by atoms with E-state index in [0.29, 0.717) is 13.0 Å². The molecule has 0 aromatic carbocycles. The fraction of sp³-hybridized carbons (Fsp3) is 0.455. The molecule has 15 heavy (non-hydrogen) atoms. The fourth-order valence-corrected chi connectivity index (χ4v) is 1.23. The molecule has 0 aliphatic rings. The van der Waals surface area contributed by atoms with Crippen molar-refractivity contribution < 1.29 is 4.79 Å². The van der Waals surface area contributed by atoms with Gasteiger partial charge in [-0.15, -0.1) is 0 Å². The number of carbonyl (C=O) groups is 1. The molecule has 1 amide bonds. The first kappa shape index (κ1) is 11.7. The Morgan fingerprint density at radius 1 is 1.67 bits per heavy atom. The molecule has 4 heteroatoms. The zero-order chi connectivity index (χ0) is 11.3. The smallest absolute Gasteiger partial charge is 0.227 e. The third kappa shape index (κ3) is 3.32. The molecule has 1 atom stereocenters. The van der Waals surface area contributed by atoms with Gasteiger partial charge in [0.15, 0.2) is 0 Å². The van der Waals surface area contributed by atoms with Gasteiger partial charge in [-0.25, -0.2) is 0 Å². The molecule has 0 aliphatic heterocycles. The van der Waals surface area contributed by atoms with E-state index in [1.54, 1.807) is 12.4 Å². The first-order chi connectivity index (χ1) is 7.15. The lowest BCUT2D eigenvalue weighted by Gasteiger charge is -2.12. The first-order valence-corrected chi connectivity index (χ1v) is 5.06. The number of carbonyl (C=O) groups excluding carboxylic acids is 1. The molecule has 4 nitrogen and oxygen atoms in total. The van der Waals surface area contributed by atoms with E-state index in [1.165, 1.54) is 0 Å². The van der Waals surface area contributed by atoms with Crippen LogP contribution < -0.4 is 11.1 Å². The van der Waals surface area contributed by atoms with Crippen LogP contribution in [0.3, 0.4) is 0 Å². The largest absolute Gasteiger partial charge is 0.330 e. The number of nitrogens with one attached hydrogen (secondary N) is 1. The summed E-state index contributed by atoms with van der Waals surface area (Å²) in [4.78, 5) is 15.6.